The van der Waals surface area contributed by atoms with Crippen LogP contribution in [0.5, 0.6) is 0 Å². The van der Waals surface area contributed by atoms with Crippen molar-refractivity contribution in [2.24, 2.45) is 0 Å². The summed E-state index contributed by atoms with van der Waals surface area (Å²) in [6.07, 6.45) is 1.27. The Kier molecular flexibility index (Phi) is 4.78. The zero-order valence-electron chi connectivity index (χ0n) is 10.6. The molecule has 1 rings (SSSR count). The molecular formula is C13H19BrO2S. The van der Waals surface area contributed by atoms with Gasteiger partial charge in [-0.3, -0.25) is 0 Å². The van der Waals surface area contributed by atoms with E-state index in [0.29, 0.717) is 5.92 Å². The minimum absolute atomic E-state index is 0.154. The first-order chi connectivity index (χ1) is 7.73. The highest BCUT2D eigenvalue weighted by molar-refractivity contribution is 9.09. The number of hydrogen-bond donors (Lipinski definition) is 0. The van der Waals surface area contributed by atoms with Crippen LogP contribution < -0.4 is 0 Å². The molecule has 2 atom stereocenters. The molecule has 0 aromatic heterocycles. The SMILES string of the molecule is CC(C)c1ccc(C(Br)C(C)S(C)(=O)=O)cc1. The van der Waals surface area contributed by atoms with Crippen molar-refractivity contribution in [2.45, 2.75) is 36.8 Å². The Balaban J connectivity index is 2.94. The largest absolute Gasteiger partial charge is 0.229 e. The topological polar surface area (TPSA) is 34.1 Å². The maximum absolute atomic E-state index is 11.5. The Hall–Kier alpha value is -0.350. The zero-order valence-corrected chi connectivity index (χ0v) is 13.0. The van der Waals surface area contributed by atoms with Gasteiger partial charge in [0.2, 0.25) is 0 Å². The summed E-state index contributed by atoms with van der Waals surface area (Å²) in [5.41, 5.74) is 2.27. The van der Waals surface area contributed by atoms with Gasteiger partial charge in [0.05, 0.1) is 10.1 Å². The lowest BCUT2D eigenvalue weighted by Crippen LogP contribution is -2.20. The number of halogens is 1. The molecule has 0 heterocycles. The molecule has 0 aliphatic heterocycles. The Labute approximate surface area is 112 Å². The summed E-state index contributed by atoms with van der Waals surface area (Å²) >= 11 is 3.47. The van der Waals surface area contributed by atoms with E-state index in [-0.39, 0.29) is 4.83 Å². The standard InChI is InChI=1S/C13H19BrO2S/c1-9(2)11-5-7-12(8-6-11)13(14)10(3)17(4,15)16/h5-10,13H,1-4H3. The molecule has 96 valence electrons. The van der Waals surface area contributed by atoms with Crippen LogP contribution in [0.4, 0.5) is 0 Å². The molecule has 2 nitrogen and oxygen atoms in total. The van der Waals surface area contributed by atoms with Gasteiger partial charge in [-0.2, -0.15) is 0 Å². The van der Waals surface area contributed by atoms with Gasteiger partial charge in [-0.15, -0.1) is 0 Å². The van der Waals surface area contributed by atoms with Gasteiger partial charge in [0, 0.05) is 6.26 Å². The molecule has 0 N–H and O–H groups in total. The number of rotatable bonds is 4. The first-order valence-corrected chi connectivity index (χ1v) is 8.53. The first kappa shape index (κ1) is 14.7. The van der Waals surface area contributed by atoms with Crippen LogP contribution >= 0.6 is 15.9 Å². The summed E-state index contributed by atoms with van der Waals surface area (Å²) < 4.78 is 23.0. The number of sulfone groups is 1. The second-order valence-corrected chi connectivity index (χ2v) is 8.15. The van der Waals surface area contributed by atoms with Gasteiger partial charge in [-0.05, 0) is 24.0 Å². The molecule has 0 radical (unpaired) electrons. The summed E-state index contributed by atoms with van der Waals surface area (Å²) in [7, 11) is -3.02. The summed E-state index contributed by atoms with van der Waals surface area (Å²) in [5.74, 6) is 0.491. The van der Waals surface area contributed by atoms with E-state index in [4.69, 9.17) is 0 Å². The van der Waals surface area contributed by atoms with Crippen molar-refractivity contribution >= 4 is 25.8 Å². The highest BCUT2D eigenvalue weighted by Crippen LogP contribution is 2.31. The molecule has 0 saturated heterocycles. The number of alkyl halides is 1. The van der Waals surface area contributed by atoms with E-state index in [2.05, 4.69) is 41.9 Å². The van der Waals surface area contributed by atoms with E-state index in [0.717, 1.165) is 5.56 Å². The van der Waals surface area contributed by atoms with E-state index >= 15 is 0 Å². The van der Waals surface area contributed by atoms with E-state index in [1.54, 1.807) is 6.92 Å². The molecule has 17 heavy (non-hydrogen) atoms. The summed E-state index contributed by atoms with van der Waals surface area (Å²) in [6, 6.07) is 8.11. The Bertz CT molecular complexity index is 463. The predicted octanol–water partition coefficient (Wildman–Crippen LogP) is 3.68. The van der Waals surface area contributed by atoms with Crippen LogP contribution in [-0.2, 0) is 9.84 Å². The van der Waals surface area contributed by atoms with Gasteiger partial charge in [-0.1, -0.05) is 54.0 Å². The molecular weight excluding hydrogens is 300 g/mol. The quantitative estimate of drug-likeness (QED) is 0.793. The van der Waals surface area contributed by atoms with Gasteiger partial charge < -0.3 is 0 Å². The molecule has 0 spiro atoms. The normalized spacial score (nSPS) is 15.9. The molecule has 1 aromatic carbocycles. The molecule has 0 aliphatic rings. The van der Waals surface area contributed by atoms with E-state index in [9.17, 15) is 8.42 Å². The van der Waals surface area contributed by atoms with Crippen LogP contribution in [0.2, 0.25) is 0 Å². The van der Waals surface area contributed by atoms with Crippen LogP contribution in [0.1, 0.15) is 42.6 Å². The van der Waals surface area contributed by atoms with Crippen molar-refractivity contribution in [1.29, 1.82) is 0 Å². The van der Waals surface area contributed by atoms with Crippen LogP contribution in [0.15, 0.2) is 24.3 Å². The van der Waals surface area contributed by atoms with Crippen molar-refractivity contribution in [3.05, 3.63) is 35.4 Å². The fraction of sp³-hybridized carbons (Fsp3) is 0.538. The molecule has 0 saturated carbocycles. The van der Waals surface area contributed by atoms with Crippen molar-refractivity contribution in [3.63, 3.8) is 0 Å². The van der Waals surface area contributed by atoms with Gasteiger partial charge in [0.1, 0.15) is 0 Å². The lowest BCUT2D eigenvalue weighted by Gasteiger charge is -2.17. The highest BCUT2D eigenvalue weighted by atomic mass is 79.9. The van der Waals surface area contributed by atoms with Crippen molar-refractivity contribution < 1.29 is 8.42 Å². The minimum atomic E-state index is -3.02. The van der Waals surface area contributed by atoms with Crippen LogP contribution in [0.3, 0.4) is 0 Å². The average molecular weight is 319 g/mol. The third kappa shape index (κ3) is 3.81. The second kappa shape index (κ2) is 5.53. The third-order valence-electron chi connectivity index (χ3n) is 3.01. The van der Waals surface area contributed by atoms with Crippen molar-refractivity contribution in [2.75, 3.05) is 6.26 Å². The van der Waals surface area contributed by atoms with E-state index in [1.807, 2.05) is 12.1 Å². The van der Waals surface area contributed by atoms with Crippen molar-refractivity contribution in [3.8, 4) is 0 Å². The molecule has 0 amide bonds. The highest BCUT2D eigenvalue weighted by Gasteiger charge is 2.24. The molecule has 0 aliphatic carbocycles. The van der Waals surface area contributed by atoms with Crippen LogP contribution in [0.25, 0.3) is 0 Å². The second-order valence-electron chi connectivity index (χ2n) is 4.76. The van der Waals surface area contributed by atoms with Gasteiger partial charge in [-0.25, -0.2) is 8.42 Å². The summed E-state index contributed by atoms with van der Waals surface area (Å²) in [6.45, 7) is 6.00. The third-order valence-corrected chi connectivity index (χ3v) is 6.30. The average Bonchev–Trinajstić information content (AvgIpc) is 2.26. The summed E-state index contributed by atoms with van der Waals surface area (Å²) in [4.78, 5) is -0.154. The fourth-order valence-electron chi connectivity index (χ4n) is 1.55. The van der Waals surface area contributed by atoms with Gasteiger partial charge in [0.25, 0.3) is 0 Å². The lowest BCUT2D eigenvalue weighted by atomic mass is 10.0. The zero-order chi connectivity index (χ0) is 13.2. The Morgan fingerprint density at radius 2 is 1.41 bits per heavy atom. The molecule has 0 bridgehead atoms. The molecule has 2 unspecified atom stereocenters. The van der Waals surface area contributed by atoms with Crippen LogP contribution in [0, 0.1) is 0 Å². The molecule has 1 aromatic rings. The van der Waals surface area contributed by atoms with Gasteiger partial charge in [0.15, 0.2) is 9.84 Å². The van der Waals surface area contributed by atoms with Gasteiger partial charge >= 0.3 is 0 Å². The maximum Gasteiger partial charge on any atom is 0.151 e. The van der Waals surface area contributed by atoms with E-state index in [1.165, 1.54) is 11.8 Å². The Morgan fingerprint density at radius 3 is 1.76 bits per heavy atom. The predicted molar refractivity (Wildman–Crippen MR) is 76.5 cm³/mol. The number of benzene rings is 1. The fourth-order valence-corrected chi connectivity index (χ4v) is 3.63. The van der Waals surface area contributed by atoms with Crippen molar-refractivity contribution in [1.82, 2.24) is 0 Å². The maximum atomic E-state index is 11.5. The first-order valence-electron chi connectivity index (χ1n) is 5.66. The summed E-state index contributed by atoms with van der Waals surface area (Å²) in [5, 5.41) is -0.424. The number of hydrogen-bond acceptors (Lipinski definition) is 2. The molecule has 4 heteroatoms. The van der Waals surface area contributed by atoms with Crippen LogP contribution in [-0.4, -0.2) is 19.9 Å². The minimum Gasteiger partial charge on any atom is -0.229 e. The Morgan fingerprint density at radius 1 is 1.00 bits per heavy atom. The lowest BCUT2D eigenvalue weighted by molar-refractivity contribution is 0.588. The smallest absolute Gasteiger partial charge is 0.151 e. The molecule has 0 fully saturated rings. The van der Waals surface area contributed by atoms with E-state index < -0.39 is 15.1 Å². The monoisotopic (exact) mass is 318 g/mol.